The van der Waals surface area contributed by atoms with Gasteiger partial charge in [0.15, 0.2) is 0 Å². The van der Waals surface area contributed by atoms with Crippen LogP contribution in [0.2, 0.25) is 0 Å². The van der Waals surface area contributed by atoms with E-state index in [-0.39, 0.29) is 12.1 Å². The molecule has 0 aromatic heterocycles. The summed E-state index contributed by atoms with van der Waals surface area (Å²) in [6.45, 7) is 0. The van der Waals surface area contributed by atoms with Crippen molar-refractivity contribution in [3.8, 4) is 0 Å². The van der Waals surface area contributed by atoms with Crippen molar-refractivity contribution in [3.05, 3.63) is 35.9 Å². The normalized spacial score (nSPS) is 20.9. The molecule has 1 saturated carbocycles. The first-order chi connectivity index (χ1) is 7.83. The monoisotopic (exact) mass is 219 g/mol. The third kappa shape index (κ3) is 2.45. The number of benzene rings is 1. The van der Waals surface area contributed by atoms with Gasteiger partial charge in [-0.05, 0) is 24.3 Å². The number of nitrogens with two attached hydrogens (primary N) is 1. The van der Waals surface area contributed by atoms with Crippen LogP contribution in [0.1, 0.15) is 37.4 Å². The van der Waals surface area contributed by atoms with E-state index in [1.807, 2.05) is 18.2 Å². The summed E-state index contributed by atoms with van der Waals surface area (Å²) < 4.78 is 5.59. The molecule has 88 valence electrons. The molecule has 1 aliphatic rings. The summed E-state index contributed by atoms with van der Waals surface area (Å²) in [6.07, 6.45) is 5.21. The smallest absolute Gasteiger partial charge is 0.0974 e. The van der Waals surface area contributed by atoms with Crippen molar-refractivity contribution in [1.29, 1.82) is 0 Å². The second kappa shape index (κ2) is 5.46. The molecule has 0 amide bonds. The summed E-state index contributed by atoms with van der Waals surface area (Å²) in [7, 11) is 1.76. The van der Waals surface area contributed by atoms with E-state index in [0.717, 1.165) is 0 Å². The Labute approximate surface area is 97.8 Å². The molecule has 0 heterocycles. The second-order valence-corrected chi connectivity index (χ2v) is 4.69. The average molecular weight is 219 g/mol. The van der Waals surface area contributed by atoms with E-state index in [4.69, 9.17) is 10.5 Å². The topological polar surface area (TPSA) is 35.2 Å². The molecular weight excluding hydrogens is 198 g/mol. The Morgan fingerprint density at radius 3 is 2.38 bits per heavy atom. The van der Waals surface area contributed by atoms with E-state index >= 15 is 0 Å². The number of methoxy groups -OCH3 is 1. The summed E-state index contributed by atoms with van der Waals surface area (Å²) in [5.41, 5.74) is 7.54. The zero-order valence-electron chi connectivity index (χ0n) is 9.93. The Kier molecular flexibility index (Phi) is 3.97. The largest absolute Gasteiger partial charge is 0.375 e. The van der Waals surface area contributed by atoms with Crippen LogP contribution in [0.15, 0.2) is 30.3 Å². The standard InChI is InChI=1S/C14H21NO/c1-16-14(12-9-3-2-4-10-12)13(15)11-7-5-6-8-11/h2-4,9-11,13-14H,5-8,15H2,1H3. The molecule has 0 radical (unpaired) electrons. The Balaban J connectivity index is 2.09. The van der Waals surface area contributed by atoms with E-state index < -0.39 is 0 Å². The van der Waals surface area contributed by atoms with Gasteiger partial charge in [0.2, 0.25) is 0 Å². The first-order valence-corrected chi connectivity index (χ1v) is 6.16. The zero-order valence-corrected chi connectivity index (χ0v) is 9.93. The fourth-order valence-corrected chi connectivity index (χ4v) is 2.75. The van der Waals surface area contributed by atoms with Crippen molar-refractivity contribution in [1.82, 2.24) is 0 Å². The first kappa shape index (κ1) is 11.6. The van der Waals surface area contributed by atoms with Gasteiger partial charge in [0.1, 0.15) is 0 Å². The van der Waals surface area contributed by atoms with Gasteiger partial charge in [-0.3, -0.25) is 0 Å². The lowest BCUT2D eigenvalue weighted by Gasteiger charge is -2.27. The maximum Gasteiger partial charge on any atom is 0.0974 e. The fourth-order valence-electron chi connectivity index (χ4n) is 2.75. The molecule has 2 atom stereocenters. The highest BCUT2D eigenvalue weighted by molar-refractivity contribution is 5.19. The van der Waals surface area contributed by atoms with Gasteiger partial charge in [-0.1, -0.05) is 43.2 Å². The van der Waals surface area contributed by atoms with Crippen molar-refractivity contribution >= 4 is 0 Å². The SMILES string of the molecule is COC(c1ccccc1)C(N)C1CCCC1. The van der Waals surface area contributed by atoms with E-state index in [1.165, 1.54) is 31.2 Å². The zero-order chi connectivity index (χ0) is 11.4. The van der Waals surface area contributed by atoms with Crippen molar-refractivity contribution in [2.24, 2.45) is 11.7 Å². The van der Waals surface area contributed by atoms with Crippen molar-refractivity contribution in [2.75, 3.05) is 7.11 Å². The average Bonchev–Trinajstić information content (AvgIpc) is 2.85. The maximum absolute atomic E-state index is 6.34. The van der Waals surface area contributed by atoms with Crippen LogP contribution in [0.25, 0.3) is 0 Å². The van der Waals surface area contributed by atoms with Gasteiger partial charge >= 0.3 is 0 Å². The van der Waals surface area contributed by atoms with Gasteiger partial charge in [0, 0.05) is 13.2 Å². The molecule has 0 spiro atoms. The summed E-state index contributed by atoms with van der Waals surface area (Å²) in [4.78, 5) is 0. The minimum Gasteiger partial charge on any atom is -0.375 e. The molecule has 0 bridgehead atoms. The molecule has 2 heteroatoms. The van der Waals surface area contributed by atoms with Crippen LogP contribution in [0.4, 0.5) is 0 Å². The van der Waals surface area contributed by atoms with Gasteiger partial charge in [0.25, 0.3) is 0 Å². The molecule has 1 aliphatic carbocycles. The second-order valence-electron chi connectivity index (χ2n) is 4.69. The predicted molar refractivity (Wildman–Crippen MR) is 66.1 cm³/mol. The molecule has 16 heavy (non-hydrogen) atoms. The lowest BCUT2D eigenvalue weighted by Crippen LogP contribution is -2.36. The maximum atomic E-state index is 6.34. The van der Waals surface area contributed by atoms with E-state index in [1.54, 1.807) is 7.11 Å². The van der Waals surface area contributed by atoms with E-state index in [2.05, 4.69) is 12.1 Å². The van der Waals surface area contributed by atoms with Crippen molar-refractivity contribution in [2.45, 2.75) is 37.8 Å². The van der Waals surface area contributed by atoms with Crippen LogP contribution in [0.3, 0.4) is 0 Å². The highest BCUT2D eigenvalue weighted by Crippen LogP contribution is 2.33. The molecule has 1 aromatic carbocycles. The molecule has 2 N–H and O–H groups in total. The molecular formula is C14H21NO. The molecule has 2 unspecified atom stereocenters. The number of hydrogen-bond acceptors (Lipinski definition) is 2. The summed E-state index contributed by atoms with van der Waals surface area (Å²) in [5, 5.41) is 0. The summed E-state index contributed by atoms with van der Waals surface area (Å²) >= 11 is 0. The Morgan fingerprint density at radius 1 is 1.19 bits per heavy atom. The molecule has 2 nitrogen and oxygen atoms in total. The quantitative estimate of drug-likeness (QED) is 0.845. The lowest BCUT2D eigenvalue weighted by atomic mass is 9.90. The molecule has 0 aliphatic heterocycles. The number of ether oxygens (including phenoxy) is 1. The number of hydrogen-bond donors (Lipinski definition) is 1. The third-order valence-electron chi connectivity index (χ3n) is 3.68. The van der Waals surface area contributed by atoms with Gasteiger partial charge in [0.05, 0.1) is 6.10 Å². The van der Waals surface area contributed by atoms with Crippen LogP contribution in [0.5, 0.6) is 0 Å². The van der Waals surface area contributed by atoms with E-state index in [0.29, 0.717) is 5.92 Å². The predicted octanol–water partition coefficient (Wildman–Crippen LogP) is 2.89. The summed E-state index contributed by atoms with van der Waals surface area (Å²) in [6, 6.07) is 10.4. The first-order valence-electron chi connectivity index (χ1n) is 6.16. The van der Waals surface area contributed by atoms with Crippen molar-refractivity contribution < 1.29 is 4.74 Å². The van der Waals surface area contributed by atoms with Crippen LogP contribution in [0, 0.1) is 5.92 Å². The molecule has 1 fully saturated rings. The Hall–Kier alpha value is -0.860. The van der Waals surface area contributed by atoms with Gasteiger partial charge in [-0.2, -0.15) is 0 Å². The molecule has 1 aromatic rings. The van der Waals surface area contributed by atoms with E-state index in [9.17, 15) is 0 Å². The van der Waals surface area contributed by atoms with Gasteiger partial charge in [-0.15, -0.1) is 0 Å². The van der Waals surface area contributed by atoms with Gasteiger partial charge in [-0.25, -0.2) is 0 Å². The van der Waals surface area contributed by atoms with Crippen LogP contribution >= 0.6 is 0 Å². The Morgan fingerprint density at radius 2 is 1.81 bits per heavy atom. The highest BCUT2D eigenvalue weighted by atomic mass is 16.5. The molecule has 2 rings (SSSR count). The minimum atomic E-state index is 0.0456. The third-order valence-corrected chi connectivity index (χ3v) is 3.68. The summed E-state index contributed by atoms with van der Waals surface area (Å²) in [5.74, 6) is 0.630. The van der Waals surface area contributed by atoms with Crippen LogP contribution in [-0.4, -0.2) is 13.2 Å². The van der Waals surface area contributed by atoms with Crippen LogP contribution < -0.4 is 5.73 Å². The van der Waals surface area contributed by atoms with Crippen molar-refractivity contribution in [3.63, 3.8) is 0 Å². The highest BCUT2D eigenvalue weighted by Gasteiger charge is 2.29. The minimum absolute atomic E-state index is 0.0456. The van der Waals surface area contributed by atoms with Crippen LogP contribution in [-0.2, 0) is 4.74 Å². The van der Waals surface area contributed by atoms with Gasteiger partial charge < -0.3 is 10.5 Å². The fraction of sp³-hybridized carbons (Fsp3) is 0.571. The number of rotatable bonds is 4. The Bertz CT molecular complexity index is 306. The molecule has 0 saturated heterocycles. The lowest BCUT2D eigenvalue weighted by molar-refractivity contribution is 0.0617.